The summed E-state index contributed by atoms with van der Waals surface area (Å²) in [6.07, 6.45) is 5.92. The van der Waals surface area contributed by atoms with Gasteiger partial charge >= 0.3 is 0 Å². The van der Waals surface area contributed by atoms with Crippen LogP contribution >= 0.6 is 11.3 Å². The number of imidazole rings is 1. The quantitative estimate of drug-likeness (QED) is 0.722. The van der Waals surface area contributed by atoms with Crippen molar-refractivity contribution in [1.82, 2.24) is 14.6 Å². The van der Waals surface area contributed by atoms with Crippen LogP contribution in [0, 0.1) is 0 Å². The van der Waals surface area contributed by atoms with Crippen molar-refractivity contribution < 1.29 is 0 Å². The average Bonchev–Trinajstić information content (AvgIpc) is 3.08. The van der Waals surface area contributed by atoms with Gasteiger partial charge in [-0.3, -0.25) is 0 Å². The number of anilines is 1. The number of piperidine rings is 1. The molecule has 0 radical (unpaired) electrons. The molecule has 2 aromatic heterocycles. The molecule has 0 N–H and O–H groups in total. The standard InChI is InChI=1S/C15H16N4S/c1-3-7-12(8-4-1)13-11-19-14(16-13)20-15(17-19)18-9-5-2-6-10-18/h1,3-4,7-8,11H,2,5-6,9-10H2. The van der Waals surface area contributed by atoms with Gasteiger partial charge in [0.2, 0.25) is 10.1 Å². The van der Waals surface area contributed by atoms with E-state index >= 15 is 0 Å². The second kappa shape index (κ2) is 4.90. The molecule has 1 aliphatic heterocycles. The minimum atomic E-state index is 0.976. The van der Waals surface area contributed by atoms with Crippen LogP contribution in [0.3, 0.4) is 0 Å². The predicted molar refractivity (Wildman–Crippen MR) is 82.4 cm³/mol. The number of fused-ring (bicyclic) bond motifs is 1. The number of rotatable bonds is 2. The van der Waals surface area contributed by atoms with E-state index in [1.54, 1.807) is 11.3 Å². The Bertz CT molecular complexity index is 678. The summed E-state index contributed by atoms with van der Waals surface area (Å²) in [5.41, 5.74) is 2.14. The summed E-state index contributed by atoms with van der Waals surface area (Å²) in [6.45, 7) is 2.25. The van der Waals surface area contributed by atoms with Crippen molar-refractivity contribution in [1.29, 1.82) is 0 Å². The Morgan fingerprint density at radius 3 is 2.55 bits per heavy atom. The van der Waals surface area contributed by atoms with E-state index in [0.717, 1.165) is 34.4 Å². The molecular weight excluding hydrogens is 268 g/mol. The van der Waals surface area contributed by atoms with Crippen molar-refractivity contribution >= 4 is 21.4 Å². The number of hydrogen-bond donors (Lipinski definition) is 0. The first-order valence-electron chi connectivity index (χ1n) is 7.07. The molecular formula is C15H16N4S. The zero-order valence-electron chi connectivity index (χ0n) is 11.2. The zero-order valence-corrected chi connectivity index (χ0v) is 12.0. The fourth-order valence-electron chi connectivity index (χ4n) is 2.65. The highest BCUT2D eigenvalue weighted by Crippen LogP contribution is 2.28. The average molecular weight is 284 g/mol. The first-order valence-corrected chi connectivity index (χ1v) is 7.88. The molecule has 4 nitrogen and oxygen atoms in total. The van der Waals surface area contributed by atoms with E-state index in [9.17, 15) is 0 Å². The van der Waals surface area contributed by atoms with Gasteiger partial charge in [0.25, 0.3) is 0 Å². The summed E-state index contributed by atoms with van der Waals surface area (Å²) in [6, 6.07) is 10.3. The van der Waals surface area contributed by atoms with Crippen molar-refractivity contribution in [3.63, 3.8) is 0 Å². The Morgan fingerprint density at radius 2 is 1.80 bits per heavy atom. The maximum Gasteiger partial charge on any atom is 0.214 e. The first-order chi connectivity index (χ1) is 9.90. The van der Waals surface area contributed by atoms with Gasteiger partial charge in [0.1, 0.15) is 0 Å². The summed E-state index contributed by atoms with van der Waals surface area (Å²) < 4.78 is 1.91. The van der Waals surface area contributed by atoms with Crippen LogP contribution in [-0.2, 0) is 0 Å². The number of benzene rings is 1. The van der Waals surface area contributed by atoms with Gasteiger partial charge in [0, 0.05) is 18.7 Å². The van der Waals surface area contributed by atoms with Crippen LogP contribution < -0.4 is 4.90 Å². The lowest BCUT2D eigenvalue weighted by Crippen LogP contribution is -2.29. The smallest absolute Gasteiger partial charge is 0.214 e. The normalized spacial score (nSPS) is 15.9. The topological polar surface area (TPSA) is 33.4 Å². The predicted octanol–water partition coefficient (Wildman–Crippen LogP) is 3.45. The second-order valence-corrected chi connectivity index (χ2v) is 6.09. The highest BCUT2D eigenvalue weighted by atomic mass is 32.1. The van der Waals surface area contributed by atoms with Crippen molar-refractivity contribution in [3.8, 4) is 11.3 Å². The fraction of sp³-hybridized carbons (Fsp3) is 0.333. The van der Waals surface area contributed by atoms with Crippen LogP contribution in [-0.4, -0.2) is 27.7 Å². The van der Waals surface area contributed by atoms with E-state index in [2.05, 4.69) is 22.1 Å². The molecule has 1 aliphatic rings. The lowest BCUT2D eigenvalue weighted by atomic mass is 10.1. The third kappa shape index (κ3) is 2.08. The SMILES string of the molecule is c1ccc(-c2cn3nc(N4CCCCC4)sc3n2)cc1. The summed E-state index contributed by atoms with van der Waals surface area (Å²) in [5, 5.41) is 5.78. The molecule has 0 amide bonds. The van der Waals surface area contributed by atoms with E-state index in [0.29, 0.717) is 0 Å². The van der Waals surface area contributed by atoms with Gasteiger partial charge in [-0.05, 0) is 19.3 Å². The van der Waals surface area contributed by atoms with Gasteiger partial charge in [-0.2, -0.15) is 0 Å². The van der Waals surface area contributed by atoms with Gasteiger partial charge in [-0.15, -0.1) is 5.10 Å². The first kappa shape index (κ1) is 11.9. The van der Waals surface area contributed by atoms with E-state index in [4.69, 9.17) is 4.98 Å². The Morgan fingerprint density at radius 1 is 1.00 bits per heavy atom. The Labute approximate surface area is 121 Å². The molecule has 0 bridgehead atoms. The molecule has 20 heavy (non-hydrogen) atoms. The Hall–Kier alpha value is -1.88. The van der Waals surface area contributed by atoms with Crippen LogP contribution in [0.5, 0.6) is 0 Å². The molecule has 102 valence electrons. The molecule has 5 heteroatoms. The highest BCUT2D eigenvalue weighted by molar-refractivity contribution is 7.20. The number of nitrogens with zero attached hydrogens (tertiary/aromatic N) is 4. The molecule has 0 aliphatic carbocycles. The van der Waals surface area contributed by atoms with Crippen LogP contribution in [0.2, 0.25) is 0 Å². The Balaban J connectivity index is 1.67. The van der Waals surface area contributed by atoms with Crippen molar-refractivity contribution in [2.45, 2.75) is 19.3 Å². The molecule has 1 fully saturated rings. The summed E-state index contributed by atoms with van der Waals surface area (Å²) in [7, 11) is 0. The highest BCUT2D eigenvalue weighted by Gasteiger charge is 2.16. The van der Waals surface area contributed by atoms with Crippen molar-refractivity contribution in [2.24, 2.45) is 0 Å². The second-order valence-electron chi connectivity index (χ2n) is 5.15. The number of aromatic nitrogens is 3. The molecule has 0 saturated carbocycles. The third-order valence-electron chi connectivity index (χ3n) is 3.73. The molecule has 0 atom stereocenters. The summed E-state index contributed by atoms with van der Waals surface area (Å²) in [4.78, 5) is 8.05. The van der Waals surface area contributed by atoms with Gasteiger partial charge in [0.15, 0.2) is 0 Å². The maximum absolute atomic E-state index is 4.69. The largest absolute Gasteiger partial charge is 0.347 e. The van der Waals surface area contributed by atoms with E-state index in [-0.39, 0.29) is 0 Å². The van der Waals surface area contributed by atoms with Gasteiger partial charge in [-0.1, -0.05) is 41.7 Å². The lowest BCUT2D eigenvalue weighted by Gasteiger charge is -2.25. The van der Waals surface area contributed by atoms with Crippen molar-refractivity contribution in [3.05, 3.63) is 36.5 Å². The monoisotopic (exact) mass is 284 g/mol. The van der Waals surface area contributed by atoms with E-state index < -0.39 is 0 Å². The van der Waals surface area contributed by atoms with Crippen LogP contribution in [0.25, 0.3) is 16.2 Å². The fourth-order valence-corrected chi connectivity index (χ4v) is 3.59. The molecule has 3 heterocycles. The van der Waals surface area contributed by atoms with E-state index in [1.807, 2.05) is 28.9 Å². The Kier molecular flexibility index (Phi) is 2.92. The minimum Gasteiger partial charge on any atom is -0.347 e. The molecule has 0 spiro atoms. The molecule has 4 rings (SSSR count). The zero-order chi connectivity index (χ0) is 13.4. The van der Waals surface area contributed by atoms with Gasteiger partial charge in [-0.25, -0.2) is 9.50 Å². The third-order valence-corrected chi connectivity index (χ3v) is 4.71. The maximum atomic E-state index is 4.69. The van der Waals surface area contributed by atoms with Crippen LogP contribution in [0.15, 0.2) is 36.5 Å². The number of hydrogen-bond acceptors (Lipinski definition) is 4. The molecule has 1 aromatic carbocycles. The summed E-state index contributed by atoms with van der Waals surface area (Å²) in [5.74, 6) is 0. The lowest BCUT2D eigenvalue weighted by molar-refractivity contribution is 0.574. The molecule has 0 unspecified atom stereocenters. The van der Waals surface area contributed by atoms with E-state index in [1.165, 1.54) is 19.3 Å². The summed E-state index contributed by atoms with van der Waals surface area (Å²) >= 11 is 1.69. The van der Waals surface area contributed by atoms with Crippen LogP contribution in [0.4, 0.5) is 5.13 Å². The van der Waals surface area contributed by atoms with Crippen LogP contribution in [0.1, 0.15) is 19.3 Å². The van der Waals surface area contributed by atoms with Gasteiger partial charge < -0.3 is 4.90 Å². The van der Waals surface area contributed by atoms with Gasteiger partial charge in [0.05, 0.1) is 11.9 Å². The molecule has 1 saturated heterocycles. The molecule has 3 aromatic rings. The minimum absolute atomic E-state index is 0.976. The van der Waals surface area contributed by atoms with Crippen molar-refractivity contribution in [2.75, 3.05) is 18.0 Å².